The van der Waals surface area contributed by atoms with Gasteiger partial charge in [0.2, 0.25) is 0 Å². The van der Waals surface area contributed by atoms with Crippen molar-refractivity contribution in [3.05, 3.63) is 51.9 Å². The SMILES string of the molecule is O=C(Nc1cccc(Cl)c1Br)c1ccoc1. The summed E-state index contributed by atoms with van der Waals surface area (Å²) in [6, 6.07) is 6.85. The molecule has 0 unspecified atom stereocenters. The van der Waals surface area contributed by atoms with Crippen molar-refractivity contribution in [3.8, 4) is 0 Å². The van der Waals surface area contributed by atoms with Gasteiger partial charge in [-0.1, -0.05) is 17.7 Å². The summed E-state index contributed by atoms with van der Waals surface area (Å²) in [4.78, 5) is 11.7. The first-order valence-corrected chi connectivity index (χ1v) is 5.63. The summed E-state index contributed by atoms with van der Waals surface area (Å²) >= 11 is 9.21. The van der Waals surface area contributed by atoms with Crippen LogP contribution in [0.4, 0.5) is 5.69 Å². The van der Waals surface area contributed by atoms with Gasteiger partial charge in [-0.2, -0.15) is 0 Å². The van der Waals surface area contributed by atoms with E-state index in [2.05, 4.69) is 21.2 Å². The quantitative estimate of drug-likeness (QED) is 0.912. The van der Waals surface area contributed by atoms with Gasteiger partial charge in [-0.25, -0.2) is 0 Å². The molecule has 0 saturated carbocycles. The highest BCUT2D eigenvalue weighted by molar-refractivity contribution is 9.10. The summed E-state index contributed by atoms with van der Waals surface area (Å²) in [5, 5.41) is 3.27. The highest BCUT2D eigenvalue weighted by Crippen LogP contribution is 2.30. The third kappa shape index (κ3) is 2.28. The molecule has 3 nitrogen and oxygen atoms in total. The molecule has 0 radical (unpaired) electrons. The molecule has 82 valence electrons. The smallest absolute Gasteiger partial charge is 0.258 e. The largest absolute Gasteiger partial charge is 0.472 e. The van der Waals surface area contributed by atoms with Crippen LogP contribution in [0.25, 0.3) is 0 Å². The fraction of sp³-hybridized carbons (Fsp3) is 0. The van der Waals surface area contributed by atoms with E-state index in [9.17, 15) is 4.79 Å². The maximum atomic E-state index is 11.7. The molecule has 0 atom stereocenters. The normalized spacial score (nSPS) is 10.1. The zero-order valence-electron chi connectivity index (χ0n) is 8.04. The van der Waals surface area contributed by atoms with Gasteiger partial charge in [-0.15, -0.1) is 0 Å². The van der Waals surface area contributed by atoms with Crippen LogP contribution in [-0.2, 0) is 0 Å². The van der Waals surface area contributed by atoms with Gasteiger partial charge in [-0.3, -0.25) is 4.79 Å². The standard InChI is InChI=1S/C11H7BrClNO2/c12-10-8(13)2-1-3-9(10)14-11(15)7-4-5-16-6-7/h1-6H,(H,14,15). The second-order valence-corrected chi connectivity index (χ2v) is 4.27. The van der Waals surface area contributed by atoms with E-state index < -0.39 is 0 Å². The predicted octanol–water partition coefficient (Wildman–Crippen LogP) is 3.95. The summed E-state index contributed by atoms with van der Waals surface area (Å²) in [5.41, 5.74) is 1.09. The molecule has 16 heavy (non-hydrogen) atoms. The topological polar surface area (TPSA) is 42.2 Å². The van der Waals surface area contributed by atoms with Gasteiger partial charge in [0.15, 0.2) is 0 Å². The first-order valence-electron chi connectivity index (χ1n) is 4.46. The molecule has 1 aromatic heterocycles. The van der Waals surface area contributed by atoms with Gasteiger partial charge in [0.05, 0.1) is 27.0 Å². The first-order chi connectivity index (χ1) is 7.68. The van der Waals surface area contributed by atoms with Crippen LogP contribution < -0.4 is 5.32 Å². The van der Waals surface area contributed by atoms with Crippen LogP contribution in [0, 0.1) is 0 Å². The molecule has 0 spiro atoms. The Bertz CT molecular complexity index is 511. The van der Waals surface area contributed by atoms with Crippen molar-refractivity contribution < 1.29 is 9.21 Å². The second kappa shape index (κ2) is 4.72. The molecule has 0 aliphatic carbocycles. The van der Waals surface area contributed by atoms with Crippen molar-refractivity contribution in [1.82, 2.24) is 0 Å². The molecule has 0 aliphatic heterocycles. The molecule has 1 aromatic carbocycles. The number of anilines is 1. The van der Waals surface area contributed by atoms with Crippen molar-refractivity contribution in [2.45, 2.75) is 0 Å². The molecule has 0 saturated heterocycles. The number of furan rings is 1. The Labute approximate surface area is 106 Å². The van der Waals surface area contributed by atoms with Crippen LogP contribution in [0.5, 0.6) is 0 Å². The molecular weight excluding hydrogens is 293 g/mol. The molecule has 1 heterocycles. The molecule has 1 N–H and O–H groups in total. The molecule has 2 rings (SSSR count). The molecule has 2 aromatic rings. The fourth-order valence-electron chi connectivity index (χ4n) is 1.19. The van der Waals surface area contributed by atoms with Crippen LogP contribution in [0.2, 0.25) is 5.02 Å². The van der Waals surface area contributed by atoms with E-state index in [0.717, 1.165) is 0 Å². The van der Waals surface area contributed by atoms with Crippen LogP contribution in [0.15, 0.2) is 45.7 Å². The predicted molar refractivity (Wildman–Crippen MR) is 65.8 cm³/mol. The summed E-state index contributed by atoms with van der Waals surface area (Å²) < 4.78 is 5.49. The minimum atomic E-state index is -0.239. The summed E-state index contributed by atoms with van der Waals surface area (Å²) in [7, 11) is 0. The van der Waals surface area contributed by atoms with E-state index in [0.29, 0.717) is 20.7 Å². The number of hydrogen-bond acceptors (Lipinski definition) is 2. The monoisotopic (exact) mass is 299 g/mol. The molecule has 5 heteroatoms. The van der Waals surface area contributed by atoms with Gasteiger partial charge in [0.1, 0.15) is 6.26 Å². The number of hydrogen-bond donors (Lipinski definition) is 1. The number of benzene rings is 1. The lowest BCUT2D eigenvalue weighted by molar-refractivity contribution is 0.102. The lowest BCUT2D eigenvalue weighted by Gasteiger charge is -2.06. The van der Waals surface area contributed by atoms with Crippen LogP contribution >= 0.6 is 27.5 Å². The van der Waals surface area contributed by atoms with Crippen molar-refractivity contribution in [2.24, 2.45) is 0 Å². The van der Waals surface area contributed by atoms with Gasteiger partial charge in [-0.05, 0) is 34.1 Å². The second-order valence-electron chi connectivity index (χ2n) is 3.07. The third-order valence-electron chi connectivity index (χ3n) is 1.98. The van der Waals surface area contributed by atoms with Crippen molar-refractivity contribution >= 4 is 39.1 Å². The fourth-order valence-corrected chi connectivity index (χ4v) is 1.73. The number of nitrogens with one attached hydrogen (secondary N) is 1. The maximum absolute atomic E-state index is 11.7. The lowest BCUT2D eigenvalue weighted by atomic mass is 10.3. The Kier molecular flexibility index (Phi) is 3.31. The van der Waals surface area contributed by atoms with Crippen molar-refractivity contribution in [2.75, 3.05) is 5.32 Å². The number of halogens is 2. The summed E-state index contributed by atoms with van der Waals surface area (Å²) in [6.07, 6.45) is 2.83. The summed E-state index contributed by atoms with van der Waals surface area (Å²) in [5.74, 6) is -0.239. The molecular formula is C11H7BrClNO2. The van der Waals surface area contributed by atoms with Gasteiger partial charge in [0.25, 0.3) is 5.91 Å². The molecule has 0 aliphatic rings. The van der Waals surface area contributed by atoms with E-state index in [1.165, 1.54) is 12.5 Å². The zero-order chi connectivity index (χ0) is 11.5. The molecule has 0 fully saturated rings. The minimum absolute atomic E-state index is 0.239. The average Bonchev–Trinajstić information content (AvgIpc) is 2.78. The number of carbonyl (C=O) groups is 1. The number of carbonyl (C=O) groups excluding carboxylic acids is 1. The van der Waals surface area contributed by atoms with E-state index >= 15 is 0 Å². The molecule has 1 amide bonds. The van der Waals surface area contributed by atoms with Crippen LogP contribution in [-0.4, -0.2) is 5.91 Å². The average molecular weight is 301 g/mol. The minimum Gasteiger partial charge on any atom is -0.472 e. The maximum Gasteiger partial charge on any atom is 0.258 e. The summed E-state index contributed by atoms with van der Waals surface area (Å²) in [6.45, 7) is 0. The van der Waals surface area contributed by atoms with Crippen molar-refractivity contribution in [3.63, 3.8) is 0 Å². The Balaban J connectivity index is 2.22. The first kappa shape index (κ1) is 11.2. The van der Waals surface area contributed by atoms with Crippen LogP contribution in [0.1, 0.15) is 10.4 Å². The highest BCUT2D eigenvalue weighted by Gasteiger charge is 2.10. The van der Waals surface area contributed by atoms with E-state index in [-0.39, 0.29) is 5.91 Å². The zero-order valence-corrected chi connectivity index (χ0v) is 10.4. The Morgan fingerprint density at radius 1 is 1.38 bits per heavy atom. The van der Waals surface area contributed by atoms with Crippen molar-refractivity contribution in [1.29, 1.82) is 0 Å². The van der Waals surface area contributed by atoms with Crippen LogP contribution in [0.3, 0.4) is 0 Å². The Morgan fingerprint density at radius 3 is 2.88 bits per heavy atom. The van der Waals surface area contributed by atoms with Gasteiger partial charge < -0.3 is 9.73 Å². The Morgan fingerprint density at radius 2 is 2.19 bits per heavy atom. The number of amides is 1. The Hall–Kier alpha value is -1.26. The van der Waals surface area contributed by atoms with E-state index in [1.54, 1.807) is 24.3 Å². The highest BCUT2D eigenvalue weighted by atomic mass is 79.9. The van der Waals surface area contributed by atoms with E-state index in [1.807, 2.05) is 0 Å². The molecule has 0 bridgehead atoms. The number of rotatable bonds is 2. The van der Waals surface area contributed by atoms with E-state index in [4.69, 9.17) is 16.0 Å². The van der Waals surface area contributed by atoms with Gasteiger partial charge in [0, 0.05) is 0 Å². The van der Waals surface area contributed by atoms with Gasteiger partial charge >= 0.3 is 0 Å². The third-order valence-corrected chi connectivity index (χ3v) is 3.38. The lowest BCUT2D eigenvalue weighted by Crippen LogP contribution is -2.11.